The number of ether oxygens (including phenoxy) is 1. The summed E-state index contributed by atoms with van der Waals surface area (Å²) in [5, 5.41) is 12.4. The number of aryl methyl sites for hydroxylation is 1. The number of rotatable bonds is 5. The number of piperidine rings is 1. The molecule has 35 heavy (non-hydrogen) atoms. The fourth-order valence-corrected chi connectivity index (χ4v) is 6.01. The molecule has 8 heteroatoms. The van der Waals surface area contributed by atoms with E-state index >= 15 is 0 Å². The van der Waals surface area contributed by atoms with E-state index < -0.39 is 11.1 Å². The largest absolute Gasteiger partial charge is 0.508 e. The predicted octanol–water partition coefficient (Wildman–Crippen LogP) is 4.63. The lowest BCUT2D eigenvalue weighted by Gasteiger charge is -2.48. The van der Waals surface area contributed by atoms with E-state index in [4.69, 9.17) is 4.74 Å². The summed E-state index contributed by atoms with van der Waals surface area (Å²) in [5.41, 5.74) is 1.28. The van der Waals surface area contributed by atoms with E-state index in [1.54, 1.807) is 35.6 Å². The monoisotopic (exact) mass is 491 g/mol. The molecule has 3 aromatic rings. The molecule has 0 aliphatic carbocycles. The van der Waals surface area contributed by atoms with Gasteiger partial charge in [-0.1, -0.05) is 42.5 Å². The van der Waals surface area contributed by atoms with Crippen LogP contribution in [0.15, 0.2) is 60.0 Å². The van der Waals surface area contributed by atoms with Gasteiger partial charge in [-0.3, -0.25) is 9.69 Å². The molecule has 0 saturated carbocycles. The molecule has 7 nitrogen and oxygen atoms in total. The van der Waals surface area contributed by atoms with Gasteiger partial charge in [0.2, 0.25) is 5.91 Å². The van der Waals surface area contributed by atoms with E-state index in [0.717, 1.165) is 21.8 Å². The van der Waals surface area contributed by atoms with Crippen molar-refractivity contribution in [1.29, 1.82) is 0 Å². The maximum absolute atomic E-state index is 13.3. The van der Waals surface area contributed by atoms with Crippen LogP contribution in [0.25, 0.3) is 0 Å². The lowest BCUT2D eigenvalue weighted by Crippen LogP contribution is -2.59. The van der Waals surface area contributed by atoms with Crippen molar-refractivity contribution in [3.63, 3.8) is 0 Å². The molecule has 2 aliphatic heterocycles. The van der Waals surface area contributed by atoms with Crippen LogP contribution in [0.2, 0.25) is 0 Å². The minimum Gasteiger partial charge on any atom is -0.508 e. The van der Waals surface area contributed by atoms with Gasteiger partial charge in [0.05, 0.1) is 23.7 Å². The van der Waals surface area contributed by atoms with Gasteiger partial charge in [-0.25, -0.2) is 9.78 Å². The first-order chi connectivity index (χ1) is 16.8. The zero-order valence-electron chi connectivity index (χ0n) is 19.9. The molecular weight excluding hydrogens is 462 g/mol. The van der Waals surface area contributed by atoms with E-state index in [0.29, 0.717) is 32.5 Å². The molecular formula is C27H29N3O4S. The van der Waals surface area contributed by atoms with Crippen molar-refractivity contribution in [2.45, 2.75) is 50.8 Å². The van der Waals surface area contributed by atoms with Gasteiger partial charge in [0.1, 0.15) is 16.9 Å². The highest BCUT2D eigenvalue weighted by molar-refractivity contribution is 7.09. The van der Waals surface area contributed by atoms with Gasteiger partial charge in [-0.2, -0.15) is 0 Å². The average Bonchev–Trinajstić information content (AvgIpc) is 3.36. The number of nitrogens with zero attached hydrogens (tertiary/aromatic N) is 3. The number of aromatic hydroxyl groups is 1. The van der Waals surface area contributed by atoms with Crippen LogP contribution < -0.4 is 0 Å². The van der Waals surface area contributed by atoms with Gasteiger partial charge in [-0.05, 0) is 37.1 Å². The predicted molar refractivity (Wildman–Crippen MR) is 133 cm³/mol. The van der Waals surface area contributed by atoms with Gasteiger partial charge in [0.25, 0.3) is 0 Å². The van der Waals surface area contributed by atoms with Crippen LogP contribution in [-0.4, -0.2) is 50.6 Å². The Kier molecular flexibility index (Phi) is 6.01. The van der Waals surface area contributed by atoms with E-state index in [-0.39, 0.29) is 24.2 Å². The maximum atomic E-state index is 13.3. The Morgan fingerprint density at radius 2 is 1.80 bits per heavy atom. The van der Waals surface area contributed by atoms with Crippen molar-refractivity contribution < 1.29 is 19.4 Å². The quantitative estimate of drug-likeness (QED) is 0.563. The van der Waals surface area contributed by atoms with Crippen LogP contribution in [-0.2, 0) is 28.0 Å². The number of carbonyl (C=O) groups excluding carboxylic acids is 2. The summed E-state index contributed by atoms with van der Waals surface area (Å²) < 4.78 is 6.21. The standard InChI is InChI=1S/C27H29N3O4S/c1-19-28-22(18-35-19)17-30-25(33)34-27(26(30,2)21-6-4-3-5-7-21)12-14-29(15-13-27)24(32)16-20-8-10-23(31)11-9-20/h3-11,18,31H,12-17H2,1-2H3. The number of benzene rings is 2. The Hall–Kier alpha value is -3.39. The van der Waals surface area contributed by atoms with Crippen molar-refractivity contribution in [3.8, 4) is 5.75 Å². The number of phenolic OH excluding ortho intramolecular Hbond substituents is 1. The first-order valence-corrected chi connectivity index (χ1v) is 12.7. The second-order valence-corrected chi connectivity index (χ2v) is 10.5. The summed E-state index contributed by atoms with van der Waals surface area (Å²) in [5.74, 6) is 0.216. The van der Waals surface area contributed by atoms with Crippen LogP contribution in [0.5, 0.6) is 5.75 Å². The fourth-order valence-electron chi connectivity index (χ4n) is 5.40. The summed E-state index contributed by atoms with van der Waals surface area (Å²) in [6.45, 7) is 5.44. The van der Waals surface area contributed by atoms with Gasteiger partial charge in [0, 0.05) is 31.3 Å². The number of hydrogen-bond acceptors (Lipinski definition) is 6. The van der Waals surface area contributed by atoms with Crippen LogP contribution in [0, 0.1) is 6.92 Å². The molecule has 0 radical (unpaired) electrons. The SMILES string of the molecule is Cc1nc(CN2C(=O)OC3(CCN(C(=O)Cc4ccc(O)cc4)CC3)C2(C)c2ccccc2)cs1. The Morgan fingerprint density at radius 3 is 2.43 bits per heavy atom. The number of amides is 2. The van der Waals surface area contributed by atoms with Crippen molar-refractivity contribution in [2.24, 2.45) is 0 Å². The topological polar surface area (TPSA) is 83.0 Å². The smallest absolute Gasteiger partial charge is 0.411 e. The summed E-state index contributed by atoms with van der Waals surface area (Å²) in [4.78, 5) is 34.6. The minimum absolute atomic E-state index is 0.0334. The fraction of sp³-hybridized carbons (Fsp3) is 0.370. The number of aromatic nitrogens is 1. The molecule has 2 fully saturated rings. The van der Waals surface area contributed by atoms with Crippen LogP contribution in [0.4, 0.5) is 4.79 Å². The molecule has 2 aromatic carbocycles. The molecule has 2 saturated heterocycles. The Balaban J connectivity index is 1.39. The lowest BCUT2D eigenvalue weighted by atomic mass is 9.70. The third-order valence-corrected chi connectivity index (χ3v) is 8.29. The first kappa shape index (κ1) is 23.4. The normalized spacial score (nSPS) is 21.4. The average molecular weight is 492 g/mol. The molecule has 1 aromatic heterocycles. The van der Waals surface area contributed by atoms with E-state index in [9.17, 15) is 14.7 Å². The number of phenols is 1. The molecule has 2 aliphatic rings. The molecule has 0 bridgehead atoms. The van der Waals surface area contributed by atoms with Crippen molar-refractivity contribution in [1.82, 2.24) is 14.8 Å². The van der Waals surface area contributed by atoms with Gasteiger partial charge in [-0.15, -0.1) is 11.3 Å². The Morgan fingerprint density at radius 1 is 1.11 bits per heavy atom. The molecule has 1 spiro atoms. The van der Waals surface area contributed by atoms with E-state index in [1.165, 1.54) is 0 Å². The number of thiazole rings is 1. The Labute approximate surface area is 209 Å². The summed E-state index contributed by atoms with van der Waals surface area (Å²) in [7, 11) is 0. The second kappa shape index (κ2) is 9.00. The molecule has 5 rings (SSSR count). The number of hydrogen-bond donors (Lipinski definition) is 1. The first-order valence-electron chi connectivity index (χ1n) is 11.8. The lowest BCUT2D eigenvalue weighted by molar-refractivity contribution is -0.136. The molecule has 3 heterocycles. The van der Waals surface area contributed by atoms with Gasteiger partial charge in [0.15, 0.2) is 0 Å². The summed E-state index contributed by atoms with van der Waals surface area (Å²) >= 11 is 1.57. The Bertz CT molecular complexity index is 1220. The van der Waals surface area contributed by atoms with Crippen molar-refractivity contribution >= 4 is 23.3 Å². The third kappa shape index (κ3) is 4.16. The van der Waals surface area contributed by atoms with Crippen LogP contribution in [0.3, 0.4) is 0 Å². The molecule has 1 atom stereocenters. The van der Waals surface area contributed by atoms with Gasteiger partial charge < -0.3 is 14.7 Å². The van der Waals surface area contributed by atoms with E-state index in [1.807, 2.05) is 52.4 Å². The minimum atomic E-state index is -0.744. The van der Waals surface area contributed by atoms with Crippen LogP contribution >= 0.6 is 11.3 Å². The zero-order chi connectivity index (χ0) is 24.6. The number of likely N-dealkylation sites (tertiary alicyclic amines) is 1. The van der Waals surface area contributed by atoms with E-state index in [2.05, 4.69) is 11.9 Å². The zero-order valence-corrected chi connectivity index (χ0v) is 20.8. The third-order valence-electron chi connectivity index (χ3n) is 7.47. The highest BCUT2D eigenvalue weighted by Crippen LogP contribution is 2.52. The molecule has 1 N–H and O–H groups in total. The molecule has 182 valence electrons. The second-order valence-electron chi connectivity index (χ2n) is 9.47. The highest BCUT2D eigenvalue weighted by atomic mass is 32.1. The maximum Gasteiger partial charge on any atom is 0.411 e. The molecule has 1 unspecified atom stereocenters. The van der Waals surface area contributed by atoms with Crippen molar-refractivity contribution in [3.05, 3.63) is 81.8 Å². The van der Waals surface area contributed by atoms with Gasteiger partial charge >= 0.3 is 6.09 Å². The summed E-state index contributed by atoms with van der Waals surface area (Å²) in [6.07, 6.45) is 1.04. The van der Waals surface area contributed by atoms with Crippen molar-refractivity contribution in [2.75, 3.05) is 13.1 Å². The highest BCUT2D eigenvalue weighted by Gasteiger charge is 2.63. The van der Waals surface area contributed by atoms with Crippen LogP contribution in [0.1, 0.15) is 41.6 Å². The summed E-state index contributed by atoms with van der Waals surface area (Å²) in [6, 6.07) is 16.7. The molecule has 2 amide bonds. The number of carbonyl (C=O) groups is 2.